The molecule has 7 heteroatoms. The minimum Gasteiger partial charge on any atom is -0.379 e. The molecule has 126 valence electrons. The molecule has 2 aromatic carbocycles. The van der Waals surface area contributed by atoms with Crippen LogP contribution in [0.15, 0.2) is 48.5 Å². The zero-order valence-electron chi connectivity index (χ0n) is 13.2. The molecule has 0 aliphatic rings. The van der Waals surface area contributed by atoms with E-state index in [2.05, 4.69) is 5.32 Å². The Bertz CT molecular complexity index is 762. The van der Waals surface area contributed by atoms with Gasteiger partial charge in [-0.2, -0.15) is 0 Å². The maximum absolute atomic E-state index is 12.4. The highest BCUT2D eigenvalue weighted by Crippen LogP contribution is 2.26. The van der Waals surface area contributed by atoms with Crippen LogP contribution < -0.4 is 5.32 Å². The summed E-state index contributed by atoms with van der Waals surface area (Å²) in [7, 11) is -0.887. The first-order chi connectivity index (χ1) is 11.5. The second-order valence-corrected chi connectivity index (χ2v) is 6.80. The molecule has 6 nitrogen and oxygen atoms in total. The fraction of sp³-hybridized carbons (Fsp3) is 0.235. The predicted molar refractivity (Wildman–Crippen MR) is 95.0 cm³/mol. The summed E-state index contributed by atoms with van der Waals surface area (Å²) in [6.07, 6.45) is 2.26. The van der Waals surface area contributed by atoms with E-state index in [4.69, 9.17) is 0 Å². The third-order valence-corrected chi connectivity index (χ3v) is 4.28. The Labute approximate surface area is 142 Å². The third-order valence-electron chi connectivity index (χ3n) is 3.42. The van der Waals surface area contributed by atoms with Crippen LogP contribution >= 0.6 is 0 Å². The van der Waals surface area contributed by atoms with E-state index in [0.717, 1.165) is 0 Å². The molecule has 2 rings (SSSR count). The van der Waals surface area contributed by atoms with E-state index in [9.17, 15) is 19.1 Å². The number of carbonyl (C=O) groups excluding carboxylic acids is 1. The second-order valence-electron chi connectivity index (χ2n) is 5.24. The quantitative estimate of drug-likeness (QED) is 0.343. The number of rotatable bonds is 8. The molecule has 0 saturated carbocycles. The molecule has 1 N–H and O–H groups in total. The fourth-order valence-electron chi connectivity index (χ4n) is 2.23. The van der Waals surface area contributed by atoms with Crippen LogP contribution in [0.3, 0.4) is 0 Å². The second kappa shape index (κ2) is 8.35. The van der Waals surface area contributed by atoms with Gasteiger partial charge in [0.1, 0.15) is 5.69 Å². The first-order valence-corrected chi connectivity index (χ1v) is 9.14. The Balaban J connectivity index is 2.19. The fourth-order valence-corrected chi connectivity index (χ4v) is 2.78. The van der Waals surface area contributed by atoms with Gasteiger partial charge in [0.05, 0.1) is 4.92 Å². The molecule has 0 aliphatic heterocycles. The van der Waals surface area contributed by atoms with Crippen LogP contribution in [0.4, 0.5) is 11.4 Å². The lowest BCUT2D eigenvalue weighted by Crippen LogP contribution is -2.09. The molecule has 0 aliphatic carbocycles. The number of nitro benzene ring substituents is 1. The molecule has 0 spiro atoms. The van der Waals surface area contributed by atoms with E-state index in [1.54, 1.807) is 42.7 Å². The van der Waals surface area contributed by atoms with Crippen molar-refractivity contribution in [2.24, 2.45) is 0 Å². The maximum atomic E-state index is 12.4. The molecular weight excluding hydrogens is 328 g/mol. The summed E-state index contributed by atoms with van der Waals surface area (Å²) in [5.41, 5.74) is 0.965. The number of nitrogens with zero attached hydrogens (tertiary/aromatic N) is 1. The number of nitro groups is 1. The van der Waals surface area contributed by atoms with Crippen LogP contribution in [0.5, 0.6) is 0 Å². The lowest BCUT2D eigenvalue weighted by Gasteiger charge is -2.08. The number of hydrogen-bond acceptors (Lipinski definition) is 5. The number of ketones is 1. The van der Waals surface area contributed by atoms with Crippen LogP contribution in [0.1, 0.15) is 22.3 Å². The van der Waals surface area contributed by atoms with Crippen LogP contribution in [-0.2, 0) is 10.8 Å². The summed E-state index contributed by atoms with van der Waals surface area (Å²) in [5, 5.41) is 14.2. The average molecular weight is 346 g/mol. The Kier molecular flexibility index (Phi) is 6.20. The van der Waals surface area contributed by atoms with Crippen molar-refractivity contribution in [1.29, 1.82) is 0 Å². The van der Waals surface area contributed by atoms with E-state index in [1.807, 2.05) is 0 Å². The highest BCUT2D eigenvalue weighted by molar-refractivity contribution is 7.84. The van der Waals surface area contributed by atoms with Crippen molar-refractivity contribution in [2.45, 2.75) is 6.42 Å². The number of anilines is 1. The maximum Gasteiger partial charge on any atom is 0.293 e. The molecule has 0 amide bonds. The summed E-state index contributed by atoms with van der Waals surface area (Å²) in [5.74, 6) is 0.275. The van der Waals surface area contributed by atoms with Crippen molar-refractivity contribution in [3.63, 3.8) is 0 Å². The predicted octanol–water partition coefficient (Wildman–Crippen LogP) is 3.01. The van der Waals surface area contributed by atoms with E-state index in [-0.39, 0.29) is 17.0 Å². The smallest absolute Gasteiger partial charge is 0.293 e. The largest absolute Gasteiger partial charge is 0.379 e. The van der Waals surface area contributed by atoms with Crippen molar-refractivity contribution < 1.29 is 13.9 Å². The molecule has 0 aromatic heterocycles. The molecule has 0 bridgehead atoms. The van der Waals surface area contributed by atoms with Crippen molar-refractivity contribution in [3.05, 3.63) is 69.8 Å². The third kappa shape index (κ3) is 4.73. The number of nitrogens with one attached hydrogen (secondary N) is 1. The Morgan fingerprint density at radius 2 is 1.88 bits per heavy atom. The van der Waals surface area contributed by atoms with E-state index in [1.165, 1.54) is 12.1 Å². The Hall–Kier alpha value is -2.54. The molecule has 2 aromatic rings. The molecule has 0 radical (unpaired) electrons. The summed E-state index contributed by atoms with van der Waals surface area (Å²) >= 11 is 0. The van der Waals surface area contributed by atoms with Crippen LogP contribution in [-0.4, -0.2) is 33.5 Å². The topological polar surface area (TPSA) is 89.3 Å². The molecule has 1 atom stereocenters. The first-order valence-electron chi connectivity index (χ1n) is 7.41. The first kappa shape index (κ1) is 17.8. The van der Waals surface area contributed by atoms with Crippen molar-refractivity contribution in [2.75, 3.05) is 23.9 Å². The lowest BCUT2D eigenvalue weighted by atomic mass is 10.0. The van der Waals surface area contributed by atoms with Crippen molar-refractivity contribution in [1.82, 2.24) is 0 Å². The number of carbonyl (C=O) groups is 1. The highest BCUT2D eigenvalue weighted by Gasteiger charge is 2.18. The van der Waals surface area contributed by atoms with E-state index in [0.29, 0.717) is 30.0 Å². The molecular formula is C17H18N2O4S. The van der Waals surface area contributed by atoms with E-state index < -0.39 is 15.7 Å². The normalized spacial score (nSPS) is 11.7. The van der Waals surface area contributed by atoms with E-state index >= 15 is 0 Å². The van der Waals surface area contributed by atoms with Gasteiger partial charge in [-0.15, -0.1) is 0 Å². The Morgan fingerprint density at radius 3 is 2.50 bits per heavy atom. The van der Waals surface area contributed by atoms with Gasteiger partial charge in [-0.1, -0.05) is 30.3 Å². The molecule has 24 heavy (non-hydrogen) atoms. The van der Waals surface area contributed by atoms with Gasteiger partial charge in [-0.05, 0) is 18.6 Å². The molecule has 0 unspecified atom stereocenters. The minimum atomic E-state index is -0.887. The lowest BCUT2D eigenvalue weighted by molar-refractivity contribution is -0.384. The van der Waals surface area contributed by atoms with Crippen molar-refractivity contribution >= 4 is 28.0 Å². The van der Waals surface area contributed by atoms with Gasteiger partial charge < -0.3 is 5.32 Å². The number of hydrogen-bond donors (Lipinski definition) is 1. The standard InChI is InChI=1S/C17H18N2O4S/c1-24(23)11-5-10-18-15-9-8-14(12-16(15)19(21)22)17(20)13-6-3-2-4-7-13/h2-4,6-9,12,18H,5,10-11H2,1H3/t24-/m0/s1. The summed E-state index contributed by atoms with van der Waals surface area (Å²) in [4.78, 5) is 23.2. The SMILES string of the molecule is C[S@](=O)CCCNc1ccc(C(=O)c2ccccc2)cc1[N+](=O)[O-]. The molecule has 0 fully saturated rings. The summed E-state index contributed by atoms with van der Waals surface area (Å²) in [6.45, 7) is 0.479. The van der Waals surface area contributed by atoms with Gasteiger partial charge in [0, 0.05) is 46.5 Å². The van der Waals surface area contributed by atoms with Gasteiger partial charge in [-0.3, -0.25) is 19.1 Å². The van der Waals surface area contributed by atoms with Crippen molar-refractivity contribution in [3.8, 4) is 0 Å². The average Bonchev–Trinajstić information content (AvgIpc) is 2.58. The zero-order valence-corrected chi connectivity index (χ0v) is 14.0. The van der Waals surface area contributed by atoms with Gasteiger partial charge in [-0.25, -0.2) is 0 Å². The zero-order chi connectivity index (χ0) is 17.5. The summed E-state index contributed by atoms with van der Waals surface area (Å²) < 4.78 is 11.0. The van der Waals surface area contributed by atoms with Gasteiger partial charge >= 0.3 is 0 Å². The number of benzene rings is 2. The van der Waals surface area contributed by atoms with Gasteiger partial charge in [0.25, 0.3) is 5.69 Å². The monoisotopic (exact) mass is 346 g/mol. The highest BCUT2D eigenvalue weighted by atomic mass is 32.2. The van der Waals surface area contributed by atoms with Crippen LogP contribution in [0.2, 0.25) is 0 Å². The van der Waals surface area contributed by atoms with Crippen LogP contribution in [0.25, 0.3) is 0 Å². The van der Waals surface area contributed by atoms with Crippen LogP contribution in [0, 0.1) is 10.1 Å². The summed E-state index contributed by atoms with van der Waals surface area (Å²) in [6, 6.07) is 13.0. The molecule has 0 saturated heterocycles. The Morgan fingerprint density at radius 1 is 1.17 bits per heavy atom. The minimum absolute atomic E-state index is 0.144. The molecule has 0 heterocycles. The van der Waals surface area contributed by atoms with Gasteiger partial charge in [0.15, 0.2) is 5.78 Å². The van der Waals surface area contributed by atoms with Gasteiger partial charge in [0.2, 0.25) is 0 Å².